The van der Waals surface area contributed by atoms with E-state index in [9.17, 15) is 0 Å². The van der Waals surface area contributed by atoms with Gasteiger partial charge in [0.1, 0.15) is 0 Å². The highest BCUT2D eigenvalue weighted by Gasteiger charge is 2.23. The van der Waals surface area contributed by atoms with E-state index in [0.29, 0.717) is 0 Å². The van der Waals surface area contributed by atoms with E-state index in [0.717, 1.165) is 43.7 Å². The first kappa shape index (κ1) is 11.5. The summed E-state index contributed by atoms with van der Waals surface area (Å²) in [4.78, 5) is 2.54. The molecule has 0 spiro atoms. The van der Waals surface area contributed by atoms with E-state index in [1.807, 2.05) is 6.07 Å². The molecule has 0 bridgehead atoms. The summed E-state index contributed by atoms with van der Waals surface area (Å²) in [6.07, 6.45) is 2.31. The van der Waals surface area contributed by atoms with Crippen molar-refractivity contribution in [1.29, 1.82) is 0 Å². The van der Waals surface area contributed by atoms with Crippen LogP contribution in [0.25, 0.3) is 0 Å². The van der Waals surface area contributed by atoms with Crippen LogP contribution >= 0.6 is 11.6 Å². The molecule has 2 aliphatic heterocycles. The lowest BCUT2D eigenvalue weighted by atomic mass is 9.98. The van der Waals surface area contributed by atoms with Gasteiger partial charge in [-0.3, -0.25) is 4.90 Å². The molecule has 0 amide bonds. The molecule has 0 aromatic heterocycles. The Hall–Kier alpha value is -0.570. The van der Waals surface area contributed by atoms with Crippen LogP contribution in [-0.2, 0) is 17.7 Å². The van der Waals surface area contributed by atoms with Crippen molar-refractivity contribution in [2.75, 3.05) is 26.3 Å². The Morgan fingerprint density at radius 1 is 1.41 bits per heavy atom. The van der Waals surface area contributed by atoms with E-state index >= 15 is 0 Å². The Morgan fingerprint density at radius 3 is 3.18 bits per heavy atom. The van der Waals surface area contributed by atoms with Crippen LogP contribution in [0.5, 0.6) is 0 Å². The minimum atomic E-state index is 0.732. The van der Waals surface area contributed by atoms with E-state index in [-0.39, 0.29) is 0 Å². The van der Waals surface area contributed by atoms with Crippen LogP contribution in [0.1, 0.15) is 17.5 Å². The van der Waals surface area contributed by atoms with Crippen molar-refractivity contribution in [2.45, 2.75) is 19.4 Å². The molecule has 1 aromatic rings. The van der Waals surface area contributed by atoms with Crippen molar-refractivity contribution >= 4 is 11.6 Å². The number of hydrogen-bond donors (Lipinski definition) is 0. The topological polar surface area (TPSA) is 12.5 Å². The van der Waals surface area contributed by atoms with Crippen LogP contribution in [-0.4, -0.2) is 31.2 Å². The van der Waals surface area contributed by atoms with Crippen LogP contribution in [0, 0.1) is 5.92 Å². The average Bonchev–Trinajstić information content (AvgIpc) is 2.82. The second-order valence-electron chi connectivity index (χ2n) is 5.09. The maximum absolute atomic E-state index is 6.22. The molecule has 0 unspecified atom stereocenters. The smallest absolute Gasteiger partial charge is 0.0507 e. The molecule has 1 fully saturated rings. The molecule has 0 radical (unpaired) electrons. The minimum Gasteiger partial charge on any atom is -0.381 e. The Kier molecular flexibility index (Phi) is 3.37. The summed E-state index contributed by atoms with van der Waals surface area (Å²) in [5, 5.41) is 0.936. The van der Waals surface area contributed by atoms with Crippen molar-refractivity contribution in [3.63, 3.8) is 0 Å². The zero-order chi connectivity index (χ0) is 11.7. The van der Waals surface area contributed by atoms with Gasteiger partial charge in [-0.2, -0.15) is 0 Å². The number of halogens is 1. The monoisotopic (exact) mass is 251 g/mol. The Labute approximate surface area is 108 Å². The first-order valence-corrected chi connectivity index (χ1v) is 6.77. The van der Waals surface area contributed by atoms with Crippen LogP contribution in [0.3, 0.4) is 0 Å². The average molecular weight is 252 g/mol. The van der Waals surface area contributed by atoms with E-state index in [1.165, 1.54) is 24.1 Å². The van der Waals surface area contributed by atoms with Gasteiger partial charge in [0.05, 0.1) is 6.61 Å². The number of ether oxygens (including phenoxy) is 1. The van der Waals surface area contributed by atoms with Gasteiger partial charge in [0.15, 0.2) is 0 Å². The van der Waals surface area contributed by atoms with Crippen molar-refractivity contribution < 1.29 is 4.74 Å². The summed E-state index contributed by atoms with van der Waals surface area (Å²) in [6, 6.07) is 6.27. The lowest BCUT2D eigenvalue weighted by Crippen LogP contribution is -2.34. The molecular weight excluding hydrogens is 234 g/mol. The fraction of sp³-hybridized carbons (Fsp3) is 0.571. The van der Waals surface area contributed by atoms with Crippen LogP contribution < -0.4 is 0 Å². The van der Waals surface area contributed by atoms with Gasteiger partial charge in [-0.1, -0.05) is 23.7 Å². The molecule has 2 nitrogen and oxygen atoms in total. The molecule has 92 valence electrons. The summed E-state index contributed by atoms with van der Waals surface area (Å²) >= 11 is 6.22. The fourth-order valence-electron chi connectivity index (χ4n) is 2.87. The quantitative estimate of drug-likeness (QED) is 0.802. The molecule has 1 atom stereocenters. The minimum absolute atomic E-state index is 0.732. The van der Waals surface area contributed by atoms with Crippen molar-refractivity contribution in [1.82, 2.24) is 4.90 Å². The zero-order valence-corrected chi connectivity index (χ0v) is 10.7. The summed E-state index contributed by atoms with van der Waals surface area (Å²) in [5.74, 6) is 0.732. The largest absolute Gasteiger partial charge is 0.381 e. The number of fused-ring (bicyclic) bond motifs is 1. The van der Waals surface area contributed by atoms with Crippen LogP contribution in [0.4, 0.5) is 0 Å². The van der Waals surface area contributed by atoms with Gasteiger partial charge in [-0.25, -0.2) is 0 Å². The zero-order valence-electron chi connectivity index (χ0n) is 9.99. The Bertz CT molecular complexity index is 401. The molecule has 1 aromatic carbocycles. The SMILES string of the molecule is Clc1cccc2c1CCN(C[C@@H]1CCOC1)C2. The maximum atomic E-state index is 6.22. The second kappa shape index (κ2) is 4.97. The number of rotatable bonds is 2. The molecule has 0 N–H and O–H groups in total. The summed E-state index contributed by atoms with van der Waals surface area (Å²) in [7, 11) is 0. The Balaban J connectivity index is 1.68. The summed E-state index contributed by atoms with van der Waals surface area (Å²) in [5.41, 5.74) is 2.76. The van der Waals surface area contributed by atoms with Crippen LogP contribution in [0.2, 0.25) is 5.02 Å². The maximum Gasteiger partial charge on any atom is 0.0507 e. The van der Waals surface area contributed by atoms with E-state index < -0.39 is 0 Å². The van der Waals surface area contributed by atoms with Gasteiger partial charge in [0, 0.05) is 31.3 Å². The highest BCUT2D eigenvalue weighted by molar-refractivity contribution is 6.31. The third kappa shape index (κ3) is 2.49. The van der Waals surface area contributed by atoms with Gasteiger partial charge in [0.2, 0.25) is 0 Å². The lowest BCUT2D eigenvalue weighted by molar-refractivity contribution is 0.162. The van der Waals surface area contributed by atoms with Gasteiger partial charge in [0.25, 0.3) is 0 Å². The predicted octanol–water partition coefficient (Wildman–Crippen LogP) is 2.73. The van der Waals surface area contributed by atoms with Crippen LogP contribution in [0.15, 0.2) is 18.2 Å². The van der Waals surface area contributed by atoms with Crippen molar-refractivity contribution in [3.8, 4) is 0 Å². The first-order chi connectivity index (χ1) is 8.33. The normalized spacial score (nSPS) is 24.9. The van der Waals surface area contributed by atoms with Crippen molar-refractivity contribution in [2.24, 2.45) is 5.92 Å². The number of benzene rings is 1. The second-order valence-corrected chi connectivity index (χ2v) is 5.50. The Morgan fingerprint density at radius 2 is 2.35 bits per heavy atom. The van der Waals surface area contributed by atoms with Gasteiger partial charge < -0.3 is 4.74 Å². The molecule has 1 saturated heterocycles. The van der Waals surface area contributed by atoms with E-state index in [4.69, 9.17) is 16.3 Å². The fourth-order valence-corrected chi connectivity index (χ4v) is 3.16. The molecule has 3 rings (SSSR count). The van der Waals surface area contributed by atoms with Gasteiger partial charge in [-0.05, 0) is 36.0 Å². The van der Waals surface area contributed by atoms with Gasteiger partial charge >= 0.3 is 0 Å². The number of hydrogen-bond acceptors (Lipinski definition) is 2. The third-order valence-electron chi connectivity index (χ3n) is 3.83. The van der Waals surface area contributed by atoms with E-state index in [1.54, 1.807) is 0 Å². The third-order valence-corrected chi connectivity index (χ3v) is 4.18. The first-order valence-electron chi connectivity index (χ1n) is 6.39. The highest BCUT2D eigenvalue weighted by Crippen LogP contribution is 2.27. The standard InChI is InChI=1S/C14H18ClNO/c15-14-3-1-2-12-9-16(6-4-13(12)14)8-11-5-7-17-10-11/h1-3,11H,4-10H2/t11-/m0/s1. The van der Waals surface area contributed by atoms with Crippen molar-refractivity contribution in [3.05, 3.63) is 34.3 Å². The molecule has 0 aliphatic carbocycles. The molecular formula is C14H18ClNO. The highest BCUT2D eigenvalue weighted by atomic mass is 35.5. The molecule has 3 heteroatoms. The summed E-state index contributed by atoms with van der Waals surface area (Å²) < 4.78 is 5.44. The summed E-state index contributed by atoms with van der Waals surface area (Å²) in [6.45, 7) is 5.24. The molecule has 0 saturated carbocycles. The lowest BCUT2D eigenvalue weighted by Gasteiger charge is -2.30. The molecule has 2 aliphatic rings. The number of nitrogens with zero attached hydrogens (tertiary/aromatic N) is 1. The predicted molar refractivity (Wildman–Crippen MR) is 69.4 cm³/mol. The van der Waals surface area contributed by atoms with E-state index in [2.05, 4.69) is 17.0 Å². The molecule has 2 heterocycles. The molecule has 17 heavy (non-hydrogen) atoms. The van der Waals surface area contributed by atoms with Gasteiger partial charge in [-0.15, -0.1) is 0 Å².